The Hall–Kier alpha value is -5.60. The monoisotopic (exact) mass is 592 g/mol. The van der Waals surface area contributed by atoms with Gasteiger partial charge in [0.15, 0.2) is 0 Å². The molecule has 46 heavy (non-hydrogen) atoms. The fourth-order valence-electron chi connectivity index (χ4n) is 7.11. The zero-order chi connectivity index (χ0) is 31.4. The number of aryl methyl sites for hydroxylation is 4. The first-order valence-electron chi connectivity index (χ1n) is 16.0. The van der Waals surface area contributed by atoms with Crippen molar-refractivity contribution in [3.05, 3.63) is 168 Å². The second kappa shape index (κ2) is 11.1. The van der Waals surface area contributed by atoms with E-state index in [0.717, 1.165) is 17.1 Å². The van der Waals surface area contributed by atoms with Gasteiger partial charge < -0.3 is 9.80 Å². The molecule has 222 valence electrons. The molecule has 0 aliphatic heterocycles. The summed E-state index contributed by atoms with van der Waals surface area (Å²) in [6.45, 7) is 8.73. The number of para-hydroxylation sites is 2. The van der Waals surface area contributed by atoms with Gasteiger partial charge in [0.25, 0.3) is 0 Å². The van der Waals surface area contributed by atoms with E-state index in [1.807, 2.05) is 0 Å². The van der Waals surface area contributed by atoms with Crippen molar-refractivity contribution in [1.29, 1.82) is 0 Å². The highest BCUT2D eigenvalue weighted by molar-refractivity contribution is 6.28. The smallest absolute Gasteiger partial charge is 0.0540 e. The van der Waals surface area contributed by atoms with E-state index < -0.39 is 0 Å². The molecule has 0 aliphatic carbocycles. The van der Waals surface area contributed by atoms with Gasteiger partial charge in [-0.15, -0.1) is 0 Å². The highest BCUT2D eigenvalue weighted by Gasteiger charge is 2.22. The van der Waals surface area contributed by atoms with Crippen LogP contribution in [0, 0.1) is 27.7 Å². The quantitative estimate of drug-likeness (QED) is 0.177. The fraction of sp³-hybridized carbons (Fsp3) is 0.0909. The molecule has 0 amide bonds. The molecule has 0 fully saturated rings. The lowest BCUT2D eigenvalue weighted by Gasteiger charge is -2.29. The highest BCUT2D eigenvalue weighted by atomic mass is 15.1. The Kier molecular flexibility index (Phi) is 6.73. The lowest BCUT2D eigenvalue weighted by atomic mass is 9.91. The van der Waals surface area contributed by atoms with Crippen LogP contribution in [-0.2, 0) is 0 Å². The van der Waals surface area contributed by atoms with E-state index in [2.05, 4.69) is 183 Å². The summed E-state index contributed by atoms with van der Waals surface area (Å²) in [6.07, 6.45) is 0. The van der Waals surface area contributed by atoms with Crippen LogP contribution in [0.15, 0.2) is 146 Å². The number of hydrogen-bond donors (Lipinski definition) is 0. The zero-order valence-electron chi connectivity index (χ0n) is 26.8. The predicted molar refractivity (Wildman–Crippen MR) is 198 cm³/mol. The Labute approximate surface area is 271 Å². The van der Waals surface area contributed by atoms with Gasteiger partial charge >= 0.3 is 0 Å². The SMILES string of the molecule is Cc1cc(C)cc(N(c2ccccc2)c2ccc3ccc4c(N(c5ccccc5)c5ccc(C)c(C)c5)ccc5ccc2c3c54)c1. The summed E-state index contributed by atoms with van der Waals surface area (Å²) in [5.41, 5.74) is 12.1. The van der Waals surface area contributed by atoms with Gasteiger partial charge in [0.05, 0.1) is 11.4 Å². The summed E-state index contributed by atoms with van der Waals surface area (Å²) < 4.78 is 0. The van der Waals surface area contributed by atoms with Crippen molar-refractivity contribution in [3.8, 4) is 0 Å². The maximum absolute atomic E-state index is 2.41. The minimum atomic E-state index is 1.14. The van der Waals surface area contributed by atoms with Crippen molar-refractivity contribution in [3.63, 3.8) is 0 Å². The molecule has 2 heteroatoms. The fourth-order valence-corrected chi connectivity index (χ4v) is 7.11. The highest BCUT2D eigenvalue weighted by Crippen LogP contribution is 2.47. The van der Waals surface area contributed by atoms with Crippen LogP contribution in [0.1, 0.15) is 22.3 Å². The van der Waals surface area contributed by atoms with E-state index >= 15 is 0 Å². The maximum Gasteiger partial charge on any atom is 0.0540 e. The first-order valence-corrected chi connectivity index (χ1v) is 16.0. The molecule has 0 N–H and O–H groups in total. The summed E-state index contributed by atoms with van der Waals surface area (Å²) in [7, 11) is 0. The normalized spacial score (nSPS) is 11.5. The van der Waals surface area contributed by atoms with Gasteiger partial charge in [0, 0.05) is 33.5 Å². The Bertz CT molecular complexity index is 2340. The predicted octanol–water partition coefficient (Wildman–Crippen LogP) is 12.8. The molecule has 0 saturated heterocycles. The first kappa shape index (κ1) is 27.9. The van der Waals surface area contributed by atoms with Crippen LogP contribution in [0.4, 0.5) is 34.1 Å². The molecular weight excluding hydrogens is 556 g/mol. The van der Waals surface area contributed by atoms with E-state index in [-0.39, 0.29) is 0 Å². The first-order chi connectivity index (χ1) is 22.5. The third-order valence-electron chi connectivity index (χ3n) is 9.34. The van der Waals surface area contributed by atoms with E-state index in [9.17, 15) is 0 Å². The van der Waals surface area contributed by atoms with Crippen LogP contribution in [-0.4, -0.2) is 0 Å². The second-order valence-corrected chi connectivity index (χ2v) is 12.5. The topological polar surface area (TPSA) is 6.48 Å². The summed E-state index contributed by atoms with van der Waals surface area (Å²) in [5, 5.41) is 7.58. The van der Waals surface area contributed by atoms with E-state index in [0.29, 0.717) is 0 Å². The largest absolute Gasteiger partial charge is 0.310 e. The van der Waals surface area contributed by atoms with Crippen LogP contribution >= 0.6 is 0 Å². The van der Waals surface area contributed by atoms with Gasteiger partial charge in [0.1, 0.15) is 0 Å². The Morgan fingerprint density at radius 2 is 0.826 bits per heavy atom. The summed E-state index contributed by atoms with van der Waals surface area (Å²) >= 11 is 0. The second-order valence-electron chi connectivity index (χ2n) is 12.5. The van der Waals surface area contributed by atoms with Gasteiger partial charge in [-0.25, -0.2) is 0 Å². The minimum Gasteiger partial charge on any atom is -0.310 e. The molecule has 0 aliphatic rings. The molecule has 0 atom stereocenters. The van der Waals surface area contributed by atoms with Crippen LogP contribution in [0.5, 0.6) is 0 Å². The lowest BCUT2D eigenvalue weighted by Crippen LogP contribution is -2.12. The summed E-state index contributed by atoms with van der Waals surface area (Å²) in [6, 6.07) is 53.5. The van der Waals surface area contributed by atoms with Crippen LogP contribution < -0.4 is 9.80 Å². The lowest BCUT2D eigenvalue weighted by molar-refractivity contribution is 1.26. The molecule has 0 spiro atoms. The minimum absolute atomic E-state index is 1.14. The molecule has 0 unspecified atom stereocenters. The average Bonchev–Trinajstić information content (AvgIpc) is 3.07. The number of rotatable bonds is 6. The molecule has 0 saturated carbocycles. The average molecular weight is 593 g/mol. The zero-order valence-corrected chi connectivity index (χ0v) is 26.8. The molecule has 0 aromatic heterocycles. The van der Waals surface area contributed by atoms with Crippen molar-refractivity contribution >= 4 is 66.4 Å². The van der Waals surface area contributed by atoms with E-state index in [1.54, 1.807) is 0 Å². The van der Waals surface area contributed by atoms with Crippen molar-refractivity contribution in [2.45, 2.75) is 27.7 Å². The summed E-state index contributed by atoms with van der Waals surface area (Å²) in [4.78, 5) is 4.82. The number of anilines is 6. The van der Waals surface area contributed by atoms with Gasteiger partial charge in [-0.2, -0.15) is 0 Å². The molecule has 0 bridgehead atoms. The van der Waals surface area contributed by atoms with E-state index in [1.165, 1.54) is 71.6 Å². The number of benzene rings is 8. The Morgan fingerprint density at radius 3 is 1.33 bits per heavy atom. The Balaban J connectivity index is 1.42. The van der Waals surface area contributed by atoms with Crippen LogP contribution in [0.2, 0.25) is 0 Å². The third kappa shape index (κ3) is 4.66. The molecule has 8 aromatic carbocycles. The van der Waals surface area contributed by atoms with Crippen molar-refractivity contribution in [2.24, 2.45) is 0 Å². The van der Waals surface area contributed by atoms with Gasteiger partial charge in [-0.3, -0.25) is 0 Å². The number of hydrogen-bond acceptors (Lipinski definition) is 2. The van der Waals surface area contributed by atoms with Crippen molar-refractivity contribution in [1.82, 2.24) is 0 Å². The third-order valence-corrected chi connectivity index (χ3v) is 9.34. The van der Waals surface area contributed by atoms with Gasteiger partial charge in [-0.05, 0) is 132 Å². The van der Waals surface area contributed by atoms with Crippen LogP contribution in [0.3, 0.4) is 0 Å². The number of nitrogens with zero attached hydrogens (tertiary/aromatic N) is 2. The summed E-state index contributed by atoms with van der Waals surface area (Å²) in [5.74, 6) is 0. The maximum atomic E-state index is 2.41. The standard InChI is InChI=1S/C44H36N2/c1-29-25-30(2)27-38(26-29)46(36-13-9-6-10-14-36)42-24-19-34-16-21-39-41(23-18-33-17-22-40(42)44(34)43(33)39)45(35-11-7-5-8-12-35)37-20-15-31(3)32(4)28-37/h5-28H,1-4H3. The molecule has 0 radical (unpaired) electrons. The van der Waals surface area contributed by atoms with Gasteiger partial charge in [-0.1, -0.05) is 84.9 Å². The van der Waals surface area contributed by atoms with Crippen LogP contribution in [0.25, 0.3) is 32.3 Å². The molecular formula is C44H36N2. The van der Waals surface area contributed by atoms with Gasteiger partial charge in [0.2, 0.25) is 0 Å². The van der Waals surface area contributed by atoms with Crippen molar-refractivity contribution in [2.75, 3.05) is 9.80 Å². The molecule has 8 rings (SSSR count). The van der Waals surface area contributed by atoms with Crippen molar-refractivity contribution < 1.29 is 0 Å². The van der Waals surface area contributed by atoms with E-state index in [4.69, 9.17) is 0 Å². The molecule has 8 aromatic rings. The molecule has 2 nitrogen and oxygen atoms in total. The molecule has 0 heterocycles. The Morgan fingerprint density at radius 1 is 0.348 bits per heavy atom.